The van der Waals surface area contributed by atoms with Gasteiger partial charge >= 0.3 is 0 Å². The lowest BCUT2D eigenvalue weighted by molar-refractivity contribution is 0.407. The van der Waals surface area contributed by atoms with Crippen LogP contribution in [0, 0.1) is 0 Å². The van der Waals surface area contributed by atoms with Crippen LogP contribution in [0.25, 0.3) is 0 Å². The summed E-state index contributed by atoms with van der Waals surface area (Å²) < 4.78 is 5.44. The Labute approximate surface area is 104 Å². The van der Waals surface area contributed by atoms with Gasteiger partial charge in [0.15, 0.2) is 0 Å². The quantitative estimate of drug-likeness (QED) is 0.844. The van der Waals surface area contributed by atoms with Crippen LogP contribution in [0.5, 0.6) is 5.75 Å². The topological polar surface area (TPSA) is 21.3 Å². The predicted octanol–water partition coefficient (Wildman–Crippen LogP) is 2.94. The van der Waals surface area contributed by atoms with Gasteiger partial charge in [0.25, 0.3) is 0 Å². The molecule has 0 aliphatic carbocycles. The molecule has 0 spiro atoms. The van der Waals surface area contributed by atoms with Crippen molar-refractivity contribution in [3.05, 3.63) is 29.3 Å². The van der Waals surface area contributed by atoms with Crippen LogP contribution in [0.4, 0.5) is 0 Å². The first-order valence-corrected chi connectivity index (χ1v) is 6.72. The average Bonchev–Trinajstić information content (AvgIpc) is 2.89. The number of benzene rings is 1. The molecule has 1 unspecified atom stereocenters. The molecule has 17 heavy (non-hydrogen) atoms. The van der Waals surface area contributed by atoms with Gasteiger partial charge in [0.05, 0.1) is 7.11 Å². The molecule has 2 nitrogen and oxygen atoms in total. The predicted molar refractivity (Wildman–Crippen MR) is 71.7 cm³/mol. The number of nitrogens with one attached hydrogen (secondary N) is 1. The molecule has 0 saturated carbocycles. The fourth-order valence-electron chi connectivity index (χ4n) is 2.58. The van der Waals surface area contributed by atoms with E-state index in [0.717, 1.165) is 18.6 Å². The first-order valence-electron chi connectivity index (χ1n) is 6.72. The lowest BCUT2D eigenvalue weighted by Gasteiger charge is -2.13. The van der Waals surface area contributed by atoms with Crippen LogP contribution in [0.15, 0.2) is 18.2 Å². The third kappa shape index (κ3) is 3.22. The number of hydrogen-bond donors (Lipinski definition) is 1. The van der Waals surface area contributed by atoms with E-state index >= 15 is 0 Å². The minimum atomic E-state index is 0.713. The van der Waals surface area contributed by atoms with Crippen LogP contribution in [0.2, 0.25) is 0 Å². The summed E-state index contributed by atoms with van der Waals surface area (Å²) in [5.74, 6) is 1.04. The molecule has 2 rings (SSSR count). The summed E-state index contributed by atoms with van der Waals surface area (Å²) in [6, 6.07) is 7.28. The molecule has 1 N–H and O–H groups in total. The Kier molecular flexibility index (Phi) is 4.43. The Balaban J connectivity index is 2.01. The highest BCUT2D eigenvalue weighted by atomic mass is 16.5. The fourth-order valence-corrected chi connectivity index (χ4v) is 2.58. The molecule has 1 aliphatic rings. The molecule has 1 fully saturated rings. The summed E-state index contributed by atoms with van der Waals surface area (Å²) in [5.41, 5.74) is 2.76. The van der Waals surface area contributed by atoms with Crippen molar-refractivity contribution in [2.24, 2.45) is 0 Å². The summed E-state index contributed by atoms with van der Waals surface area (Å²) in [5, 5.41) is 3.55. The zero-order valence-corrected chi connectivity index (χ0v) is 11.0. The largest absolute Gasteiger partial charge is 0.496 e. The summed E-state index contributed by atoms with van der Waals surface area (Å²) in [6.07, 6.45) is 6.10. The van der Waals surface area contributed by atoms with Gasteiger partial charge in [0.2, 0.25) is 0 Å². The fraction of sp³-hybridized carbons (Fsp3) is 0.600. The second kappa shape index (κ2) is 6.06. The number of rotatable bonds is 5. The van der Waals surface area contributed by atoms with Gasteiger partial charge in [0, 0.05) is 6.04 Å². The molecule has 1 saturated heterocycles. The van der Waals surface area contributed by atoms with Crippen molar-refractivity contribution in [3.63, 3.8) is 0 Å². The second-order valence-corrected chi connectivity index (χ2v) is 4.83. The average molecular weight is 233 g/mol. The maximum atomic E-state index is 5.44. The van der Waals surface area contributed by atoms with E-state index in [0.29, 0.717) is 6.04 Å². The Morgan fingerprint density at radius 2 is 2.29 bits per heavy atom. The van der Waals surface area contributed by atoms with Gasteiger partial charge in [-0.15, -0.1) is 0 Å². The van der Waals surface area contributed by atoms with E-state index in [2.05, 4.69) is 30.4 Å². The minimum Gasteiger partial charge on any atom is -0.496 e. The smallest absolute Gasteiger partial charge is 0.122 e. The van der Waals surface area contributed by atoms with Gasteiger partial charge in [0.1, 0.15) is 5.75 Å². The molecular formula is C15H23NO. The molecular weight excluding hydrogens is 210 g/mol. The van der Waals surface area contributed by atoms with E-state index in [9.17, 15) is 0 Å². The van der Waals surface area contributed by atoms with Crippen LogP contribution in [0.3, 0.4) is 0 Å². The number of methoxy groups -OCH3 is 1. The van der Waals surface area contributed by atoms with Crippen molar-refractivity contribution in [1.82, 2.24) is 5.32 Å². The van der Waals surface area contributed by atoms with E-state index in [-0.39, 0.29) is 0 Å². The number of hydrogen-bond acceptors (Lipinski definition) is 2. The highest BCUT2D eigenvalue weighted by molar-refractivity contribution is 5.37. The normalized spacial score (nSPS) is 19.5. The van der Waals surface area contributed by atoms with Crippen LogP contribution >= 0.6 is 0 Å². The minimum absolute atomic E-state index is 0.713. The number of ether oxygens (including phenoxy) is 1. The van der Waals surface area contributed by atoms with Gasteiger partial charge in [-0.1, -0.05) is 19.1 Å². The van der Waals surface area contributed by atoms with Gasteiger partial charge in [-0.05, 0) is 55.8 Å². The highest BCUT2D eigenvalue weighted by Gasteiger charge is 2.14. The maximum absolute atomic E-state index is 5.44. The molecule has 1 aliphatic heterocycles. The Morgan fingerprint density at radius 1 is 1.41 bits per heavy atom. The molecule has 0 bridgehead atoms. The van der Waals surface area contributed by atoms with Crippen LogP contribution in [0.1, 0.15) is 37.3 Å². The van der Waals surface area contributed by atoms with Gasteiger partial charge < -0.3 is 10.1 Å². The van der Waals surface area contributed by atoms with E-state index < -0.39 is 0 Å². The maximum Gasteiger partial charge on any atom is 0.122 e. The summed E-state index contributed by atoms with van der Waals surface area (Å²) in [4.78, 5) is 0. The van der Waals surface area contributed by atoms with E-state index in [1.165, 1.54) is 36.9 Å². The SMILES string of the molecule is CCc1ccc(OC)c(CCC2CCCN2)c1. The van der Waals surface area contributed by atoms with Gasteiger partial charge in [-0.2, -0.15) is 0 Å². The Morgan fingerprint density at radius 3 is 2.94 bits per heavy atom. The number of aryl methyl sites for hydroxylation is 2. The zero-order chi connectivity index (χ0) is 12.1. The molecule has 0 aromatic heterocycles. The molecule has 0 amide bonds. The van der Waals surface area contributed by atoms with Crippen molar-refractivity contribution in [3.8, 4) is 5.75 Å². The van der Waals surface area contributed by atoms with Crippen molar-refractivity contribution in [1.29, 1.82) is 0 Å². The van der Waals surface area contributed by atoms with Gasteiger partial charge in [-0.3, -0.25) is 0 Å². The summed E-state index contributed by atoms with van der Waals surface area (Å²) in [7, 11) is 1.76. The van der Waals surface area contributed by atoms with Crippen molar-refractivity contribution >= 4 is 0 Å². The highest BCUT2D eigenvalue weighted by Crippen LogP contribution is 2.23. The molecule has 0 radical (unpaired) electrons. The van der Waals surface area contributed by atoms with Crippen molar-refractivity contribution in [2.45, 2.75) is 45.1 Å². The van der Waals surface area contributed by atoms with Crippen molar-refractivity contribution < 1.29 is 4.74 Å². The molecule has 94 valence electrons. The third-order valence-corrected chi connectivity index (χ3v) is 3.68. The van der Waals surface area contributed by atoms with E-state index in [1.54, 1.807) is 7.11 Å². The van der Waals surface area contributed by atoms with Crippen LogP contribution in [-0.4, -0.2) is 19.7 Å². The first kappa shape index (κ1) is 12.4. The Hall–Kier alpha value is -1.02. The third-order valence-electron chi connectivity index (χ3n) is 3.68. The molecule has 1 aromatic carbocycles. The molecule has 1 aromatic rings. The van der Waals surface area contributed by atoms with Crippen molar-refractivity contribution in [2.75, 3.05) is 13.7 Å². The molecule has 1 atom stereocenters. The molecule has 2 heteroatoms. The van der Waals surface area contributed by atoms with E-state index in [4.69, 9.17) is 4.74 Å². The van der Waals surface area contributed by atoms with Crippen LogP contribution in [-0.2, 0) is 12.8 Å². The lowest BCUT2D eigenvalue weighted by atomic mass is 10.0. The van der Waals surface area contributed by atoms with Gasteiger partial charge in [-0.25, -0.2) is 0 Å². The summed E-state index contributed by atoms with van der Waals surface area (Å²) >= 11 is 0. The standard InChI is InChI=1S/C15H23NO/c1-3-12-6-9-15(17-2)13(11-12)7-8-14-5-4-10-16-14/h6,9,11,14,16H,3-5,7-8,10H2,1-2H3. The lowest BCUT2D eigenvalue weighted by Crippen LogP contribution is -2.21. The monoisotopic (exact) mass is 233 g/mol. The zero-order valence-electron chi connectivity index (χ0n) is 11.0. The second-order valence-electron chi connectivity index (χ2n) is 4.83. The Bertz CT molecular complexity index is 356. The first-order chi connectivity index (χ1) is 8.33. The summed E-state index contributed by atoms with van der Waals surface area (Å²) in [6.45, 7) is 3.39. The van der Waals surface area contributed by atoms with Crippen LogP contribution < -0.4 is 10.1 Å². The molecule has 1 heterocycles. The van der Waals surface area contributed by atoms with E-state index in [1.807, 2.05) is 0 Å².